The van der Waals surface area contributed by atoms with E-state index in [0.717, 1.165) is 64.1 Å². The van der Waals surface area contributed by atoms with E-state index < -0.39 is 6.43 Å². The number of rotatable bonds is 7. The van der Waals surface area contributed by atoms with Crippen LogP contribution in [-0.2, 0) is 9.47 Å². The van der Waals surface area contributed by atoms with Crippen molar-refractivity contribution in [1.29, 1.82) is 0 Å². The fraction of sp³-hybridized carbons (Fsp3) is 0.607. The maximum absolute atomic E-state index is 14.2. The summed E-state index contributed by atoms with van der Waals surface area (Å²) < 4.78 is 41.0. The number of aromatic nitrogens is 4. The first-order valence-electron chi connectivity index (χ1n) is 14.1. The lowest BCUT2D eigenvalue weighted by atomic mass is 9.94. The summed E-state index contributed by atoms with van der Waals surface area (Å²) in [6, 6.07) is 7.99. The summed E-state index contributed by atoms with van der Waals surface area (Å²) in [5.74, 6) is 1.75. The Kier molecular flexibility index (Phi) is 7.90. The number of fused-ring (bicyclic) bond motifs is 1. The third-order valence-corrected chi connectivity index (χ3v) is 8.28. The average molecular weight is 542 g/mol. The van der Waals surface area contributed by atoms with Gasteiger partial charge in [0.05, 0.1) is 24.2 Å². The molecule has 6 rings (SSSR count). The molecule has 5 heterocycles. The lowest BCUT2D eigenvalue weighted by molar-refractivity contribution is 0.0219. The number of ether oxygens (including phenoxy) is 2. The molecule has 0 spiro atoms. The maximum Gasteiger partial charge on any atom is 0.296 e. The number of morpholine rings is 1. The van der Waals surface area contributed by atoms with Crippen molar-refractivity contribution < 1.29 is 18.3 Å². The van der Waals surface area contributed by atoms with Crippen LogP contribution in [0.3, 0.4) is 0 Å². The van der Waals surface area contributed by atoms with E-state index in [0.29, 0.717) is 66.9 Å². The van der Waals surface area contributed by atoms with Crippen molar-refractivity contribution in [2.75, 3.05) is 69.4 Å². The summed E-state index contributed by atoms with van der Waals surface area (Å²) in [6.07, 6.45) is 1.73. The molecule has 0 aliphatic carbocycles. The summed E-state index contributed by atoms with van der Waals surface area (Å²) in [6.45, 7) is 9.12. The number of anilines is 2. The molecule has 0 unspecified atom stereocenters. The summed E-state index contributed by atoms with van der Waals surface area (Å²) >= 11 is 0. The zero-order valence-corrected chi connectivity index (χ0v) is 22.5. The minimum Gasteiger partial charge on any atom is -0.381 e. The summed E-state index contributed by atoms with van der Waals surface area (Å²) in [5.41, 5.74) is 2.02. The Balaban J connectivity index is 1.26. The number of aryl methyl sites for hydroxylation is 1. The monoisotopic (exact) mass is 541 g/mol. The quantitative estimate of drug-likeness (QED) is 0.477. The van der Waals surface area contributed by atoms with Crippen molar-refractivity contribution >= 4 is 22.8 Å². The van der Waals surface area contributed by atoms with Crippen LogP contribution in [0.1, 0.15) is 43.5 Å². The molecule has 3 aromatic rings. The predicted octanol–water partition coefficient (Wildman–Crippen LogP) is 4.20. The number of imidazole rings is 1. The van der Waals surface area contributed by atoms with E-state index in [1.165, 1.54) is 4.57 Å². The van der Waals surface area contributed by atoms with Gasteiger partial charge in [-0.05, 0) is 63.2 Å². The number of benzene rings is 1. The van der Waals surface area contributed by atoms with E-state index in [4.69, 9.17) is 19.4 Å². The molecule has 3 aliphatic rings. The Labute approximate surface area is 227 Å². The number of nitrogens with one attached hydrogen (secondary N) is 1. The molecule has 1 N–H and O–H groups in total. The Hall–Kier alpha value is -2.89. The summed E-state index contributed by atoms with van der Waals surface area (Å²) in [5, 5.41) is 3.46. The smallest absolute Gasteiger partial charge is 0.296 e. The lowest BCUT2D eigenvalue weighted by Gasteiger charge is -2.39. The van der Waals surface area contributed by atoms with Crippen LogP contribution in [0.2, 0.25) is 0 Å². The fourth-order valence-electron chi connectivity index (χ4n) is 6.02. The van der Waals surface area contributed by atoms with Crippen molar-refractivity contribution in [3.63, 3.8) is 0 Å². The largest absolute Gasteiger partial charge is 0.381 e. The van der Waals surface area contributed by atoms with Crippen LogP contribution in [0.5, 0.6) is 0 Å². The van der Waals surface area contributed by atoms with E-state index in [1.54, 1.807) is 6.07 Å². The van der Waals surface area contributed by atoms with Crippen LogP contribution < -0.4 is 10.2 Å². The Morgan fingerprint density at radius 1 is 0.923 bits per heavy atom. The predicted molar refractivity (Wildman–Crippen MR) is 146 cm³/mol. The van der Waals surface area contributed by atoms with Crippen LogP contribution in [0.25, 0.3) is 16.9 Å². The Bertz CT molecular complexity index is 1270. The standard InChI is InChI=1S/C28H37F2N7O2/c1-19-3-2-4-22-25(19)34-27(26(29)30)37(22)24-17-23(36-11-15-39-16-12-36)32-28(33-24)31-18-20-5-9-35(10-6-20)21-7-13-38-14-8-21/h2-4,17,20-21,26H,5-16,18H2,1H3,(H,31,32,33). The SMILES string of the molecule is Cc1cccc2c1nc(C(F)F)n2-c1cc(N2CCOCC2)nc(NCC2CCN(C3CCOCC3)CC2)n1. The molecule has 0 saturated carbocycles. The zero-order valence-electron chi connectivity index (χ0n) is 22.5. The molecule has 0 atom stereocenters. The molecular formula is C28H37F2N7O2. The van der Waals surface area contributed by atoms with Gasteiger partial charge in [0.25, 0.3) is 6.43 Å². The average Bonchev–Trinajstić information content (AvgIpc) is 3.39. The van der Waals surface area contributed by atoms with E-state index in [-0.39, 0.29) is 5.82 Å². The Morgan fingerprint density at radius 2 is 1.64 bits per heavy atom. The molecule has 0 radical (unpaired) electrons. The van der Waals surface area contributed by atoms with Gasteiger partial charge in [-0.2, -0.15) is 9.97 Å². The molecule has 2 aromatic heterocycles. The number of para-hydroxylation sites is 1. The molecule has 9 nitrogen and oxygen atoms in total. The first-order chi connectivity index (χ1) is 19.1. The van der Waals surface area contributed by atoms with Crippen molar-refractivity contribution in [3.05, 3.63) is 35.7 Å². The molecule has 0 amide bonds. The number of nitrogens with zero attached hydrogens (tertiary/aromatic N) is 6. The van der Waals surface area contributed by atoms with Gasteiger partial charge in [-0.1, -0.05) is 12.1 Å². The van der Waals surface area contributed by atoms with E-state index in [1.807, 2.05) is 25.1 Å². The van der Waals surface area contributed by atoms with Crippen molar-refractivity contribution in [3.8, 4) is 5.82 Å². The van der Waals surface area contributed by atoms with Gasteiger partial charge < -0.3 is 24.6 Å². The summed E-state index contributed by atoms with van der Waals surface area (Å²) in [7, 11) is 0. The zero-order chi connectivity index (χ0) is 26.8. The van der Waals surface area contributed by atoms with Crippen molar-refractivity contribution in [2.24, 2.45) is 5.92 Å². The van der Waals surface area contributed by atoms with E-state index in [9.17, 15) is 8.78 Å². The third-order valence-electron chi connectivity index (χ3n) is 8.28. The number of alkyl halides is 2. The summed E-state index contributed by atoms with van der Waals surface area (Å²) in [4.78, 5) is 18.6. The number of hydrogen-bond acceptors (Lipinski definition) is 8. The topological polar surface area (TPSA) is 80.6 Å². The highest BCUT2D eigenvalue weighted by molar-refractivity contribution is 5.81. The second-order valence-electron chi connectivity index (χ2n) is 10.8. The highest BCUT2D eigenvalue weighted by Crippen LogP contribution is 2.31. The van der Waals surface area contributed by atoms with Gasteiger partial charge in [-0.3, -0.25) is 4.57 Å². The van der Waals surface area contributed by atoms with Gasteiger partial charge in [-0.25, -0.2) is 13.8 Å². The molecular weight excluding hydrogens is 504 g/mol. The second kappa shape index (κ2) is 11.7. The number of likely N-dealkylation sites (tertiary alicyclic amines) is 1. The van der Waals surface area contributed by atoms with Crippen molar-refractivity contribution in [2.45, 2.75) is 45.1 Å². The van der Waals surface area contributed by atoms with Crippen LogP contribution >= 0.6 is 0 Å². The third kappa shape index (κ3) is 5.71. The lowest BCUT2D eigenvalue weighted by Crippen LogP contribution is -2.44. The highest BCUT2D eigenvalue weighted by Gasteiger charge is 2.27. The van der Waals surface area contributed by atoms with E-state index >= 15 is 0 Å². The molecule has 210 valence electrons. The highest BCUT2D eigenvalue weighted by atomic mass is 19.3. The van der Waals surface area contributed by atoms with Gasteiger partial charge in [0.1, 0.15) is 11.6 Å². The van der Waals surface area contributed by atoms with Crippen molar-refractivity contribution in [1.82, 2.24) is 24.4 Å². The Morgan fingerprint density at radius 3 is 2.38 bits per heavy atom. The van der Waals surface area contributed by atoms with E-state index in [2.05, 4.69) is 20.1 Å². The van der Waals surface area contributed by atoms with Gasteiger partial charge in [-0.15, -0.1) is 0 Å². The molecule has 0 bridgehead atoms. The van der Waals surface area contributed by atoms with Crippen LogP contribution in [-0.4, -0.2) is 89.6 Å². The molecule has 3 saturated heterocycles. The van der Waals surface area contributed by atoms with Crippen LogP contribution in [0.15, 0.2) is 24.3 Å². The number of halogens is 2. The van der Waals surface area contributed by atoms with Gasteiger partial charge in [0, 0.05) is 45.0 Å². The van der Waals surface area contributed by atoms with Gasteiger partial charge in [0.2, 0.25) is 5.95 Å². The second-order valence-corrected chi connectivity index (χ2v) is 10.8. The van der Waals surface area contributed by atoms with Gasteiger partial charge >= 0.3 is 0 Å². The molecule has 39 heavy (non-hydrogen) atoms. The molecule has 3 aliphatic heterocycles. The molecule has 3 fully saturated rings. The maximum atomic E-state index is 14.2. The normalized spacial score (nSPS) is 20.3. The molecule has 11 heteroatoms. The van der Waals surface area contributed by atoms with Crippen LogP contribution in [0.4, 0.5) is 20.5 Å². The minimum absolute atomic E-state index is 0.308. The van der Waals surface area contributed by atoms with Gasteiger partial charge in [0.15, 0.2) is 5.82 Å². The number of hydrogen-bond donors (Lipinski definition) is 1. The first kappa shape index (κ1) is 26.3. The fourth-order valence-corrected chi connectivity index (χ4v) is 6.02. The number of piperidine rings is 1. The molecule has 1 aromatic carbocycles. The first-order valence-corrected chi connectivity index (χ1v) is 14.1. The van der Waals surface area contributed by atoms with Crippen LogP contribution in [0, 0.1) is 12.8 Å². The minimum atomic E-state index is -2.74.